The van der Waals surface area contributed by atoms with Crippen molar-refractivity contribution >= 4 is 11.6 Å². The van der Waals surface area contributed by atoms with Gasteiger partial charge in [-0.15, -0.1) is 0 Å². The Balaban J connectivity index is 2.68. The first-order valence-electron chi connectivity index (χ1n) is 7.52. The molecule has 0 bridgehead atoms. The van der Waals surface area contributed by atoms with Crippen LogP contribution in [-0.2, 0) is 6.54 Å². The van der Waals surface area contributed by atoms with E-state index in [-0.39, 0.29) is 0 Å². The van der Waals surface area contributed by atoms with Crippen molar-refractivity contribution < 1.29 is 0 Å². The van der Waals surface area contributed by atoms with Crippen molar-refractivity contribution in [2.75, 3.05) is 6.54 Å². The molecule has 0 saturated carbocycles. The molecule has 2 rings (SSSR count). The van der Waals surface area contributed by atoms with Crippen molar-refractivity contribution in [3.8, 4) is 11.1 Å². The molecule has 0 aromatic heterocycles. The van der Waals surface area contributed by atoms with E-state index in [9.17, 15) is 0 Å². The van der Waals surface area contributed by atoms with E-state index < -0.39 is 0 Å². The highest BCUT2D eigenvalue weighted by molar-refractivity contribution is 6.30. The Hall–Kier alpha value is -1.31. The first-order valence-corrected chi connectivity index (χ1v) is 7.90. The average Bonchev–Trinajstić information content (AvgIpc) is 2.45. The van der Waals surface area contributed by atoms with Crippen molar-refractivity contribution in [1.82, 2.24) is 5.32 Å². The van der Waals surface area contributed by atoms with Gasteiger partial charge in [-0.05, 0) is 85.3 Å². The molecule has 0 amide bonds. The molecule has 0 aliphatic heterocycles. The van der Waals surface area contributed by atoms with E-state index in [1.807, 2.05) is 6.07 Å². The van der Waals surface area contributed by atoms with Crippen LogP contribution in [0.4, 0.5) is 0 Å². The predicted octanol–water partition coefficient (Wildman–Crippen LogP) is 5.35. The van der Waals surface area contributed by atoms with Crippen molar-refractivity contribution in [1.29, 1.82) is 0 Å². The molecule has 2 aromatic carbocycles. The zero-order valence-electron chi connectivity index (χ0n) is 13.6. The minimum atomic E-state index is 0.795. The molecule has 2 aromatic rings. The lowest BCUT2D eigenvalue weighted by molar-refractivity contribution is 0.728. The van der Waals surface area contributed by atoms with Gasteiger partial charge in [0.25, 0.3) is 0 Å². The lowest BCUT2D eigenvalue weighted by Gasteiger charge is -2.19. The van der Waals surface area contributed by atoms with Gasteiger partial charge < -0.3 is 5.32 Å². The van der Waals surface area contributed by atoms with Gasteiger partial charge in [0.05, 0.1) is 0 Å². The third-order valence-corrected chi connectivity index (χ3v) is 4.51. The molecular formula is C19H24ClN. The molecule has 0 heterocycles. The highest BCUT2D eigenvalue weighted by atomic mass is 35.5. The van der Waals surface area contributed by atoms with Gasteiger partial charge in [-0.2, -0.15) is 0 Å². The number of aryl methyl sites for hydroxylation is 2. The molecule has 0 spiro atoms. The molecule has 1 nitrogen and oxygen atoms in total. The number of benzene rings is 2. The first kappa shape index (κ1) is 16.1. The van der Waals surface area contributed by atoms with Crippen molar-refractivity contribution in [3.63, 3.8) is 0 Å². The van der Waals surface area contributed by atoms with Crippen LogP contribution >= 0.6 is 11.6 Å². The van der Waals surface area contributed by atoms with Crippen molar-refractivity contribution in [2.45, 2.75) is 41.2 Å². The van der Waals surface area contributed by atoms with Gasteiger partial charge in [-0.1, -0.05) is 30.7 Å². The van der Waals surface area contributed by atoms with Crippen LogP contribution in [0, 0.1) is 27.7 Å². The Morgan fingerprint density at radius 1 is 0.952 bits per heavy atom. The highest BCUT2D eigenvalue weighted by Crippen LogP contribution is 2.35. The first-order chi connectivity index (χ1) is 9.95. The molecule has 0 atom stereocenters. The third kappa shape index (κ3) is 3.30. The van der Waals surface area contributed by atoms with E-state index in [0.717, 1.165) is 18.1 Å². The maximum atomic E-state index is 6.26. The van der Waals surface area contributed by atoms with Crippen LogP contribution in [0.1, 0.15) is 34.7 Å². The van der Waals surface area contributed by atoms with Gasteiger partial charge in [0.1, 0.15) is 0 Å². The molecule has 21 heavy (non-hydrogen) atoms. The minimum absolute atomic E-state index is 0.795. The van der Waals surface area contributed by atoms with Gasteiger partial charge in [0.15, 0.2) is 0 Å². The van der Waals surface area contributed by atoms with E-state index in [4.69, 9.17) is 11.6 Å². The van der Waals surface area contributed by atoms with Crippen LogP contribution in [-0.4, -0.2) is 6.54 Å². The number of hydrogen-bond donors (Lipinski definition) is 1. The summed E-state index contributed by atoms with van der Waals surface area (Å²) in [6.45, 7) is 12.7. The summed E-state index contributed by atoms with van der Waals surface area (Å²) in [7, 11) is 0. The summed E-state index contributed by atoms with van der Waals surface area (Å²) in [4.78, 5) is 0. The van der Waals surface area contributed by atoms with Gasteiger partial charge >= 0.3 is 0 Å². The summed E-state index contributed by atoms with van der Waals surface area (Å²) >= 11 is 6.26. The quantitative estimate of drug-likeness (QED) is 0.802. The molecule has 0 aliphatic carbocycles. The molecule has 0 unspecified atom stereocenters. The fourth-order valence-corrected chi connectivity index (χ4v) is 2.99. The molecule has 0 radical (unpaired) electrons. The lowest BCUT2D eigenvalue weighted by atomic mass is 9.87. The summed E-state index contributed by atoms with van der Waals surface area (Å²) in [6, 6.07) is 8.48. The molecule has 0 fully saturated rings. The number of nitrogens with one attached hydrogen (secondary N) is 1. The van der Waals surface area contributed by atoms with Crippen LogP contribution in [0.3, 0.4) is 0 Å². The Labute approximate surface area is 133 Å². The maximum absolute atomic E-state index is 6.26. The van der Waals surface area contributed by atoms with Crippen molar-refractivity contribution in [3.05, 3.63) is 57.1 Å². The summed E-state index contributed by atoms with van der Waals surface area (Å²) in [6.07, 6.45) is 0. The second-order valence-electron chi connectivity index (χ2n) is 5.72. The molecule has 0 saturated heterocycles. The highest BCUT2D eigenvalue weighted by Gasteiger charge is 2.14. The topological polar surface area (TPSA) is 12.0 Å². The summed E-state index contributed by atoms with van der Waals surface area (Å²) in [5, 5.41) is 4.21. The molecule has 2 heteroatoms. The number of halogens is 1. The second-order valence-corrected chi connectivity index (χ2v) is 6.15. The van der Waals surface area contributed by atoms with E-state index >= 15 is 0 Å². The summed E-state index contributed by atoms with van der Waals surface area (Å²) in [5.41, 5.74) is 9.26. The Morgan fingerprint density at radius 2 is 1.57 bits per heavy atom. The SMILES string of the molecule is CCNCc1ccc(Cl)cc1-c1c(C)c(C)cc(C)c1C. The van der Waals surface area contributed by atoms with Gasteiger partial charge in [0.2, 0.25) is 0 Å². The number of rotatable bonds is 4. The fourth-order valence-electron chi connectivity index (χ4n) is 2.82. The Bertz CT molecular complexity index is 633. The Kier molecular flexibility index (Phi) is 5.08. The summed E-state index contributed by atoms with van der Waals surface area (Å²) in [5.74, 6) is 0. The van der Waals surface area contributed by atoms with Gasteiger partial charge in [-0.25, -0.2) is 0 Å². The average molecular weight is 302 g/mol. The van der Waals surface area contributed by atoms with Crippen LogP contribution < -0.4 is 5.32 Å². The van der Waals surface area contributed by atoms with Crippen LogP contribution in [0.25, 0.3) is 11.1 Å². The molecular weight excluding hydrogens is 278 g/mol. The van der Waals surface area contributed by atoms with Crippen LogP contribution in [0.5, 0.6) is 0 Å². The second kappa shape index (κ2) is 6.64. The lowest BCUT2D eigenvalue weighted by Crippen LogP contribution is -2.13. The molecule has 112 valence electrons. The van der Waals surface area contributed by atoms with Crippen LogP contribution in [0.2, 0.25) is 5.02 Å². The monoisotopic (exact) mass is 301 g/mol. The molecule has 0 aliphatic rings. The van der Waals surface area contributed by atoms with E-state index in [2.05, 4.69) is 58.1 Å². The normalized spacial score (nSPS) is 11.0. The summed E-state index contributed by atoms with van der Waals surface area (Å²) < 4.78 is 0. The molecule has 1 N–H and O–H groups in total. The zero-order valence-corrected chi connectivity index (χ0v) is 14.4. The van der Waals surface area contributed by atoms with Crippen molar-refractivity contribution in [2.24, 2.45) is 0 Å². The minimum Gasteiger partial charge on any atom is -0.313 e. The predicted molar refractivity (Wildman–Crippen MR) is 93.2 cm³/mol. The number of hydrogen-bond acceptors (Lipinski definition) is 1. The van der Waals surface area contributed by atoms with E-state index in [1.54, 1.807) is 0 Å². The smallest absolute Gasteiger partial charge is 0.0412 e. The van der Waals surface area contributed by atoms with Gasteiger partial charge in [-0.3, -0.25) is 0 Å². The van der Waals surface area contributed by atoms with E-state index in [1.165, 1.54) is 38.9 Å². The third-order valence-electron chi connectivity index (χ3n) is 4.27. The standard InChI is InChI=1S/C19H24ClN/c1-6-21-11-16-7-8-17(20)10-18(16)19-14(4)12(2)9-13(3)15(19)5/h7-10,21H,6,11H2,1-5H3. The zero-order chi connectivity index (χ0) is 15.6. The van der Waals surface area contributed by atoms with E-state index in [0.29, 0.717) is 0 Å². The maximum Gasteiger partial charge on any atom is 0.0412 e. The Morgan fingerprint density at radius 3 is 2.14 bits per heavy atom. The fraction of sp³-hybridized carbons (Fsp3) is 0.368. The van der Waals surface area contributed by atoms with Gasteiger partial charge in [0, 0.05) is 11.6 Å². The largest absolute Gasteiger partial charge is 0.313 e. The van der Waals surface area contributed by atoms with Crippen LogP contribution in [0.15, 0.2) is 24.3 Å².